The topological polar surface area (TPSA) is 108 Å². The van der Waals surface area contributed by atoms with Crippen LogP contribution in [-0.4, -0.2) is 41.1 Å². The Morgan fingerprint density at radius 1 is 1.53 bits per heavy atom. The molecular formula is C11H13BrN2O5. The van der Waals surface area contributed by atoms with E-state index in [9.17, 15) is 14.4 Å². The SMILES string of the molecule is COC(=O)CC[C@@H](NC(=O)c1cc(Br)c[nH]1)C(=O)O. The molecule has 1 aromatic heterocycles. The van der Waals surface area contributed by atoms with E-state index < -0.39 is 23.9 Å². The summed E-state index contributed by atoms with van der Waals surface area (Å²) in [5, 5.41) is 11.3. The van der Waals surface area contributed by atoms with Gasteiger partial charge in [-0.3, -0.25) is 9.59 Å². The normalized spacial score (nSPS) is 11.7. The molecule has 1 rings (SSSR count). The molecular weight excluding hydrogens is 320 g/mol. The molecule has 0 aliphatic rings. The zero-order chi connectivity index (χ0) is 14.4. The number of aromatic amines is 1. The van der Waals surface area contributed by atoms with Crippen molar-refractivity contribution in [1.82, 2.24) is 10.3 Å². The predicted octanol–water partition coefficient (Wildman–Crippen LogP) is 0.913. The van der Waals surface area contributed by atoms with E-state index >= 15 is 0 Å². The number of hydrogen-bond acceptors (Lipinski definition) is 4. The second-order valence-corrected chi connectivity index (χ2v) is 4.63. The van der Waals surface area contributed by atoms with E-state index in [0.717, 1.165) is 0 Å². The zero-order valence-corrected chi connectivity index (χ0v) is 11.7. The van der Waals surface area contributed by atoms with Gasteiger partial charge in [0.15, 0.2) is 0 Å². The van der Waals surface area contributed by atoms with Crippen LogP contribution in [0.5, 0.6) is 0 Å². The second kappa shape index (κ2) is 6.93. The highest BCUT2D eigenvalue weighted by Crippen LogP contribution is 2.11. The molecule has 0 unspecified atom stereocenters. The molecule has 7 nitrogen and oxygen atoms in total. The molecule has 0 bridgehead atoms. The van der Waals surface area contributed by atoms with Gasteiger partial charge >= 0.3 is 11.9 Å². The number of nitrogens with one attached hydrogen (secondary N) is 2. The fourth-order valence-corrected chi connectivity index (χ4v) is 1.70. The van der Waals surface area contributed by atoms with Gasteiger partial charge in [0.05, 0.1) is 7.11 Å². The molecule has 0 aromatic carbocycles. The van der Waals surface area contributed by atoms with E-state index in [1.165, 1.54) is 13.2 Å². The molecule has 0 saturated carbocycles. The Morgan fingerprint density at radius 2 is 2.21 bits per heavy atom. The number of H-pyrrole nitrogens is 1. The van der Waals surface area contributed by atoms with E-state index in [2.05, 4.69) is 31.0 Å². The maximum Gasteiger partial charge on any atom is 0.326 e. The number of esters is 1. The van der Waals surface area contributed by atoms with Crippen molar-refractivity contribution in [3.05, 3.63) is 22.4 Å². The van der Waals surface area contributed by atoms with E-state index in [0.29, 0.717) is 4.47 Å². The first-order valence-corrected chi connectivity index (χ1v) is 6.17. The smallest absolute Gasteiger partial charge is 0.326 e. The van der Waals surface area contributed by atoms with Gasteiger partial charge in [-0.25, -0.2) is 4.79 Å². The average Bonchev–Trinajstić information content (AvgIpc) is 2.80. The quantitative estimate of drug-likeness (QED) is 0.671. The second-order valence-electron chi connectivity index (χ2n) is 3.71. The number of carboxylic acid groups (broad SMARTS) is 1. The Bertz CT molecular complexity index is 485. The van der Waals surface area contributed by atoms with Crippen molar-refractivity contribution in [3.8, 4) is 0 Å². The third-order valence-corrected chi connectivity index (χ3v) is 2.82. The third kappa shape index (κ3) is 4.74. The number of aromatic nitrogens is 1. The van der Waals surface area contributed by atoms with Gasteiger partial charge in [0.2, 0.25) is 0 Å². The first-order chi connectivity index (χ1) is 8.93. The summed E-state index contributed by atoms with van der Waals surface area (Å²) in [6, 6.07) is 0.378. The van der Waals surface area contributed by atoms with Crippen molar-refractivity contribution in [2.24, 2.45) is 0 Å². The molecule has 0 radical (unpaired) electrons. The van der Waals surface area contributed by atoms with E-state index in [-0.39, 0.29) is 18.5 Å². The van der Waals surface area contributed by atoms with Crippen LogP contribution in [0.2, 0.25) is 0 Å². The van der Waals surface area contributed by atoms with Crippen LogP contribution in [0.25, 0.3) is 0 Å². The summed E-state index contributed by atoms with van der Waals surface area (Å²) in [7, 11) is 1.22. The lowest BCUT2D eigenvalue weighted by molar-refractivity contribution is -0.142. The largest absolute Gasteiger partial charge is 0.480 e. The van der Waals surface area contributed by atoms with Crippen LogP contribution in [-0.2, 0) is 14.3 Å². The van der Waals surface area contributed by atoms with Gasteiger partial charge in [0.1, 0.15) is 11.7 Å². The Balaban J connectivity index is 2.61. The first-order valence-electron chi connectivity index (χ1n) is 5.38. The standard InChI is InChI=1S/C11H13BrN2O5/c1-19-9(15)3-2-7(11(17)18)14-10(16)8-4-6(12)5-13-8/h4-5,7,13H,2-3H2,1H3,(H,14,16)(H,17,18)/t7-/m1/s1. The fourth-order valence-electron chi connectivity index (χ4n) is 1.36. The highest BCUT2D eigenvalue weighted by atomic mass is 79.9. The molecule has 104 valence electrons. The monoisotopic (exact) mass is 332 g/mol. The van der Waals surface area contributed by atoms with Gasteiger partial charge in [-0.05, 0) is 28.4 Å². The average molecular weight is 333 g/mol. The van der Waals surface area contributed by atoms with Crippen molar-refractivity contribution in [2.75, 3.05) is 7.11 Å². The number of carbonyl (C=O) groups excluding carboxylic acids is 2. The Hall–Kier alpha value is -1.83. The summed E-state index contributed by atoms with van der Waals surface area (Å²) in [5.74, 6) is -2.28. The van der Waals surface area contributed by atoms with Gasteiger partial charge in [-0.1, -0.05) is 0 Å². The maximum atomic E-state index is 11.7. The molecule has 0 spiro atoms. The molecule has 0 aliphatic heterocycles. The van der Waals surface area contributed by atoms with Crippen molar-refractivity contribution < 1.29 is 24.2 Å². The summed E-state index contributed by atoms with van der Waals surface area (Å²) < 4.78 is 5.10. The van der Waals surface area contributed by atoms with Gasteiger partial charge in [0, 0.05) is 17.1 Å². The molecule has 1 aromatic rings. The summed E-state index contributed by atoms with van der Waals surface area (Å²) in [5.41, 5.74) is 0.233. The molecule has 0 saturated heterocycles. The van der Waals surface area contributed by atoms with Crippen LogP contribution < -0.4 is 5.32 Å². The Kier molecular flexibility index (Phi) is 5.56. The summed E-state index contributed by atoms with van der Waals surface area (Å²) >= 11 is 3.17. The number of aliphatic carboxylic acids is 1. The van der Waals surface area contributed by atoms with Gasteiger partial charge in [0.25, 0.3) is 5.91 Å². The third-order valence-electron chi connectivity index (χ3n) is 2.36. The number of carbonyl (C=O) groups is 3. The Labute approximate surface area is 117 Å². The number of methoxy groups -OCH3 is 1. The molecule has 19 heavy (non-hydrogen) atoms. The molecule has 1 heterocycles. The number of carboxylic acids is 1. The number of amides is 1. The number of halogens is 1. The number of ether oxygens (including phenoxy) is 1. The van der Waals surface area contributed by atoms with Crippen molar-refractivity contribution >= 4 is 33.8 Å². The molecule has 1 amide bonds. The van der Waals surface area contributed by atoms with E-state index in [1.54, 1.807) is 6.20 Å². The number of hydrogen-bond donors (Lipinski definition) is 3. The highest BCUT2D eigenvalue weighted by Gasteiger charge is 2.22. The molecule has 0 fully saturated rings. The molecule has 8 heteroatoms. The van der Waals surface area contributed by atoms with Gasteiger partial charge in [-0.15, -0.1) is 0 Å². The van der Waals surface area contributed by atoms with Crippen LogP contribution >= 0.6 is 15.9 Å². The maximum absolute atomic E-state index is 11.7. The Morgan fingerprint density at radius 3 is 2.68 bits per heavy atom. The van der Waals surface area contributed by atoms with Crippen LogP contribution in [0.1, 0.15) is 23.3 Å². The van der Waals surface area contributed by atoms with Crippen molar-refractivity contribution in [3.63, 3.8) is 0 Å². The van der Waals surface area contributed by atoms with E-state index in [4.69, 9.17) is 5.11 Å². The van der Waals surface area contributed by atoms with Gasteiger partial charge < -0.3 is 20.1 Å². The lowest BCUT2D eigenvalue weighted by Crippen LogP contribution is -2.41. The van der Waals surface area contributed by atoms with Crippen LogP contribution in [0.15, 0.2) is 16.7 Å². The fraction of sp³-hybridized carbons (Fsp3) is 0.364. The summed E-state index contributed by atoms with van der Waals surface area (Å²) in [4.78, 5) is 36.4. The lowest BCUT2D eigenvalue weighted by atomic mass is 10.1. The minimum atomic E-state index is -1.21. The molecule has 3 N–H and O–H groups in total. The van der Waals surface area contributed by atoms with Crippen LogP contribution in [0, 0.1) is 0 Å². The first kappa shape index (κ1) is 15.2. The van der Waals surface area contributed by atoms with Gasteiger partial charge in [-0.2, -0.15) is 0 Å². The van der Waals surface area contributed by atoms with E-state index in [1.807, 2.05) is 0 Å². The summed E-state index contributed by atoms with van der Waals surface area (Å²) in [6.45, 7) is 0. The lowest BCUT2D eigenvalue weighted by Gasteiger charge is -2.13. The molecule has 1 atom stereocenters. The minimum absolute atomic E-state index is 0.0321. The predicted molar refractivity (Wildman–Crippen MR) is 68.6 cm³/mol. The van der Waals surface area contributed by atoms with Crippen molar-refractivity contribution in [2.45, 2.75) is 18.9 Å². The summed E-state index contributed by atoms with van der Waals surface area (Å²) in [6.07, 6.45) is 1.44. The van der Waals surface area contributed by atoms with Crippen LogP contribution in [0.4, 0.5) is 0 Å². The molecule has 0 aliphatic carbocycles. The zero-order valence-electron chi connectivity index (χ0n) is 10.1. The van der Waals surface area contributed by atoms with Crippen LogP contribution in [0.3, 0.4) is 0 Å². The number of rotatable bonds is 6. The minimum Gasteiger partial charge on any atom is -0.480 e. The highest BCUT2D eigenvalue weighted by molar-refractivity contribution is 9.10. The van der Waals surface area contributed by atoms with Crippen molar-refractivity contribution in [1.29, 1.82) is 0 Å².